The van der Waals surface area contributed by atoms with Crippen LogP contribution in [0.3, 0.4) is 0 Å². The lowest BCUT2D eigenvalue weighted by molar-refractivity contribution is -0.136. The molecule has 174 valence electrons. The predicted octanol–water partition coefficient (Wildman–Crippen LogP) is 2.33. The maximum Gasteiger partial charge on any atom is 0.339 e. The topological polar surface area (TPSA) is 107 Å². The van der Waals surface area contributed by atoms with E-state index in [0.717, 1.165) is 5.56 Å². The summed E-state index contributed by atoms with van der Waals surface area (Å²) in [5.74, 6) is -1.58. The number of hydrogen-bond acceptors (Lipinski definition) is 7. The number of esters is 2. The molecular formula is C24H25NO7S. The standard InChI is InChI=1S/C24H25NO7S/c1-2-25(19-10-11-33(29,30)15-19)22(26)14-31-23(27)17-8-9-20-18(12-17)13-21(32-24(20)28)16-6-4-3-5-7-16/h3-9,12,19,21H,2,10-11,13-15H2,1H3. The zero-order chi connectivity index (χ0) is 23.6. The summed E-state index contributed by atoms with van der Waals surface area (Å²) in [7, 11) is -3.14. The molecule has 0 saturated carbocycles. The summed E-state index contributed by atoms with van der Waals surface area (Å²) in [5, 5.41) is 0. The van der Waals surface area contributed by atoms with Crippen molar-refractivity contribution < 1.29 is 32.3 Å². The van der Waals surface area contributed by atoms with Crippen LogP contribution in [0.15, 0.2) is 48.5 Å². The monoisotopic (exact) mass is 471 g/mol. The van der Waals surface area contributed by atoms with Crippen molar-refractivity contribution in [3.63, 3.8) is 0 Å². The van der Waals surface area contributed by atoms with Gasteiger partial charge in [0.25, 0.3) is 5.91 Å². The first-order valence-electron chi connectivity index (χ1n) is 10.8. The van der Waals surface area contributed by atoms with Gasteiger partial charge in [-0.3, -0.25) is 4.79 Å². The lowest BCUT2D eigenvalue weighted by atomic mass is 9.93. The maximum absolute atomic E-state index is 12.6. The number of cyclic esters (lactones) is 1. The van der Waals surface area contributed by atoms with E-state index < -0.39 is 46.4 Å². The Morgan fingerprint density at radius 3 is 2.58 bits per heavy atom. The first kappa shape index (κ1) is 23.0. The quantitative estimate of drug-likeness (QED) is 0.595. The lowest BCUT2D eigenvalue weighted by Gasteiger charge is -2.26. The average molecular weight is 472 g/mol. The van der Waals surface area contributed by atoms with Gasteiger partial charge in [0.05, 0.1) is 22.6 Å². The Kier molecular flexibility index (Phi) is 6.51. The van der Waals surface area contributed by atoms with E-state index in [4.69, 9.17) is 9.47 Å². The van der Waals surface area contributed by atoms with Crippen molar-refractivity contribution in [3.05, 3.63) is 70.8 Å². The summed E-state index contributed by atoms with van der Waals surface area (Å²) in [5.41, 5.74) is 2.17. The van der Waals surface area contributed by atoms with Gasteiger partial charge >= 0.3 is 11.9 Å². The molecule has 2 aromatic rings. The van der Waals surface area contributed by atoms with E-state index in [-0.39, 0.29) is 17.1 Å². The van der Waals surface area contributed by atoms with Gasteiger partial charge in [-0.05, 0) is 42.7 Å². The number of rotatable bonds is 6. The van der Waals surface area contributed by atoms with E-state index in [1.54, 1.807) is 13.0 Å². The Labute approximate surface area is 192 Å². The van der Waals surface area contributed by atoms with Crippen LogP contribution in [0.2, 0.25) is 0 Å². The summed E-state index contributed by atoms with van der Waals surface area (Å²) in [4.78, 5) is 39.0. The Morgan fingerprint density at radius 1 is 1.15 bits per heavy atom. The van der Waals surface area contributed by atoms with Gasteiger partial charge in [-0.15, -0.1) is 0 Å². The highest BCUT2D eigenvalue weighted by Crippen LogP contribution is 2.31. The molecule has 2 atom stereocenters. The maximum atomic E-state index is 12.6. The first-order chi connectivity index (χ1) is 15.8. The van der Waals surface area contributed by atoms with E-state index >= 15 is 0 Å². The molecule has 2 aliphatic rings. The highest BCUT2D eigenvalue weighted by Gasteiger charge is 2.34. The predicted molar refractivity (Wildman–Crippen MR) is 119 cm³/mol. The van der Waals surface area contributed by atoms with E-state index in [0.29, 0.717) is 30.5 Å². The van der Waals surface area contributed by atoms with Gasteiger partial charge in [0.2, 0.25) is 0 Å². The molecule has 0 aromatic heterocycles. The Bertz CT molecular complexity index is 1180. The highest BCUT2D eigenvalue weighted by molar-refractivity contribution is 7.91. The Hall–Kier alpha value is -3.20. The van der Waals surface area contributed by atoms with Crippen molar-refractivity contribution in [2.24, 2.45) is 0 Å². The fraction of sp³-hybridized carbons (Fsp3) is 0.375. The third kappa shape index (κ3) is 5.08. The molecule has 0 spiro atoms. The second-order valence-corrected chi connectivity index (χ2v) is 10.4. The van der Waals surface area contributed by atoms with Crippen LogP contribution in [0, 0.1) is 0 Å². The Balaban J connectivity index is 1.42. The molecule has 33 heavy (non-hydrogen) atoms. The van der Waals surface area contributed by atoms with Gasteiger partial charge in [-0.1, -0.05) is 30.3 Å². The average Bonchev–Trinajstić information content (AvgIpc) is 3.17. The largest absolute Gasteiger partial charge is 0.454 e. The number of amides is 1. The fourth-order valence-electron chi connectivity index (χ4n) is 4.33. The summed E-state index contributed by atoms with van der Waals surface area (Å²) < 4.78 is 34.2. The van der Waals surface area contributed by atoms with Crippen molar-refractivity contribution in [1.29, 1.82) is 0 Å². The van der Waals surface area contributed by atoms with Crippen molar-refractivity contribution in [2.75, 3.05) is 24.7 Å². The molecule has 0 N–H and O–H groups in total. The van der Waals surface area contributed by atoms with Crippen LogP contribution in [0.25, 0.3) is 0 Å². The zero-order valence-electron chi connectivity index (χ0n) is 18.2. The van der Waals surface area contributed by atoms with Crippen LogP contribution in [-0.4, -0.2) is 61.9 Å². The number of nitrogens with zero attached hydrogens (tertiary/aromatic N) is 1. The molecule has 1 amide bonds. The molecule has 2 heterocycles. The van der Waals surface area contributed by atoms with Crippen LogP contribution < -0.4 is 0 Å². The second-order valence-electron chi connectivity index (χ2n) is 8.19. The Morgan fingerprint density at radius 2 is 1.91 bits per heavy atom. The smallest absolute Gasteiger partial charge is 0.339 e. The summed E-state index contributed by atoms with van der Waals surface area (Å²) >= 11 is 0. The fourth-order valence-corrected chi connectivity index (χ4v) is 6.06. The van der Waals surface area contributed by atoms with Gasteiger partial charge < -0.3 is 14.4 Å². The number of carbonyl (C=O) groups is 3. The minimum absolute atomic E-state index is 0.0583. The summed E-state index contributed by atoms with van der Waals surface area (Å²) in [6.07, 6.45) is 0.365. The van der Waals surface area contributed by atoms with E-state index in [9.17, 15) is 22.8 Å². The van der Waals surface area contributed by atoms with Crippen LogP contribution in [0.4, 0.5) is 0 Å². The summed E-state index contributed by atoms with van der Waals surface area (Å²) in [6.45, 7) is 1.61. The van der Waals surface area contributed by atoms with Crippen molar-refractivity contribution in [3.8, 4) is 0 Å². The number of hydrogen-bond donors (Lipinski definition) is 0. The zero-order valence-corrected chi connectivity index (χ0v) is 19.0. The van der Waals surface area contributed by atoms with Crippen molar-refractivity contribution in [2.45, 2.75) is 31.9 Å². The van der Waals surface area contributed by atoms with Crippen LogP contribution in [-0.2, 0) is 30.5 Å². The third-order valence-corrected chi connectivity index (χ3v) is 7.77. The second kappa shape index (κ2) is 9.35. The molecule has 8 nitrogen and oxygen atoms in total. The third-order valence-electron chi connectivity index (χ3n) is 6.02. The van der Waals surface area contributed by atoms with Crippen molar-refractivity contribution in [1.82, 2.24) is 4.90 Å². The molecule has 1 fully saturated rings. The molecule has 2 aromatic carbocycles. The molecule has 0 bridgehead atoms. The molecule has 0 aliphatic carbocycles. The number of fused-ring (bicyclic) bond motifs is 1. The van der Waals surface area contributed by atoms with Gasteiger partial charge in [0, 0.05) is 19.0 Å². The molecule has 0 radical (unpaired) electrons. The van der Waals surface area contributed by atoms with Crippen LogP contribution in [0.5, 0.6) is 0 Å². The summed E-state index contributed by atoms with van der Waals surface area (Å²) in [6, 6.07) is 13.6. The van der Waals surface area contributed by atoms with E-state index in [1.807, 2.05) is 30.3 Å². The minimum Gasteiger partial charge on any atom is -0.454 e. The van der Waals surface area contributed by atoms with E-state index in [1.165, 1.54) is 17.0 Å². The number of likely N-dealkylation sites (N-methyl/N-ethyl adjacent to an activating group) is 1. The number of carbonyl (C=O) groups excluding carboxylic acids is 3. The van der Waals surface area contributed by atoms with Gasteiger partial charge in [-0.25, -0.2) is 18.0 Å². The van der Waals surface area contributed by atoms with Gasteiger partial charge in [0.15, 0.2) is 16.4 Å². The lowest BCUT2D eigenvalue weighted by Crippen LogP contribution is -2.43. The number of ether oxygens (including phenoxy) is 2. The highest BCUT2D eigenvalue weighted by atomic mass is 32.2. The SMILES string of the molecule is CCN(C(=O)COC(=O)c1ccc2c(c1)CC(c1ccccc1)OC2=O)C1CCS(=O)(=O)C1. The van der Waals surface area contributed by atoms with Gasteiger partial charge in [-0.2, -0.15) is 0 Å². The van der Waals surface area contributed by atoms with E-state index in [2.05, 4.69) is 0 Å². The van der Waals surface area contributed by atoms with Gasteiger partial charge in [0.1, 0.15) is 6.10 Å². The molecule has 2 unspecified atom stereocenters. The minimum atomic E-state index is -3.14. The molecule has 4 rings (SSSR count). The number of benzene rings is 2. The van der Waals surface area contributed by atoms with Crippen LogP contribution in [0.1, 0.15) is 51.3 Å². The first-order valence-corrected chi connectivity index (χ1v) is 12.7. The molecular weight excluding hydrogens is 446 g/mol. The number of sulfone groups is 1. The van der Waals surface area contributed by atoms with Crippen LogP contribution >= 0.6 is 0 Å². The molecule has 1 saturated heterocycles. The molecule has 9 heteroatoms. The van der Waals surface area contributed by atoms with Crippen molar-refractivity contribution >= 4 is 27.7 Å². The normalized spacial score (nSPS) is 21.1. The molecule has 2 aliphatic heterocycles.